The Labute approximate surface area is 145 Å². The molecule has 0 heterocycles. The van der Waals surface area contributed by atoms with Crippen LogP contribution in [0.1, 0.15) is 39.5 Å². The number of benzene rings is 1. The van der Waals surface area contributed by atoms with E-state index in [1.807, 2.05) is 38.1 Å². The van der Waals surface area contributed by atoms with Crippen molar-refractivity contribution < 1.29 is 19.3 Å². The molecule has 0 aromatic heterocycles. The molecular formula is C19H31NO4. The summed E-state index contributed by atoms with van der Waals surface area (Å²) in [6.45, 7) is 5.34. The van der Waals surface area contributed by atoms with Crippen LogP contribution in [0.5, 0.6) is 11.5 Å². The molecule has 1 aliphatic rings. The van der Waals surface area contributed by atoms with Crippen molar-refractivity contribution in [1.82, 2.24) is 0 Å². The van der Waals surface area contributed by atoms with Gasteiger partial charge < -0.3 is 25.1 Å². The van der Waals surface area contributed by atoms with Gasteiger partial charge >= 0.3 is 0 Å². The molecule has 0 saturated heterocycles. The van der Waals surface area contributed by atoms with Crippen LogP contribution in [0.2, 0.25) is 0 Å². The number of aliphatic hydroxyl groups excluding tert-OH is 1. The summed E-state index contributed by atoms with van der Waals surface area (Å²) < 4.78 is 17.0. The summed E-state index contributed by atoms with van der Waals surface area (Å²) in [7, 11) is 0. The Morgan fingerprint density at radius 2 is 1.62 bits per heavy atom. The fraction of sp³-hybridized carbons (Fsp3) is 0.684. The average molecular weight is 337 g/mol. The lowest BCUT2D eigenvalue weighted by molar-refractivity contribution is 0.0382. The summed E-state index contributed by atoms with van der Waals surface area (Å²) >= 11 is 0. The summed E-state index contributed by atoms with van der Waals surface area (Å²) in [5, 5.41) is 9.95. The van der Waals surface area contributed by atoms with Crippen LogP contribution in [0.25, 0.3) is 0 Å². The Bertz CT molecular complexity index is 457. The summed E-state index contributed by atoms with van der Waals surface area (Å²) in [5.74, 6) is 1.70. The minimum atomic E-state index is -0.673. The lowest BCUT2D eigenvalue weighted by atomic mass is 10.0. The molecule has 24 heavy (non-hydrogen) atoms. The van der Waals surface area contributed by atoms with Crippen molar-refractivity contribution in [2.75, 3.05) is 19.8 Å². The van der Waals surface area contributed by atoms with Crippen LogP contribution in [-0.2, 0) is 4.74 Å². The summed E-state index contributed by atoms with van der Waals surface area (Å²) in [6, 6.07) is 7.11. The molecule has 0 radical (unpaired) electrons. The fourth-order valence-corrected chi connectivity index (χ4v) is 2.80. The van der Waals surface area contributed by atoms with Crippen LogP contribution < -0.4 is 15.2 Å². The topological polar surface area (TPSA) is 73.9 Å². The highest BCUT2D eigenvalue weighted by atomic mass is 16.5. The lowest BCUT2D eigenvalue weighted by Crippen LogP contribution is -2.42. The number of aliphatic hydroxyl groups is 1. The zero-order valence-electron chi connectivity index (χ0n) is 14.8. The van der Waals surface area contributed by atoms with Gasteiger partial charge in [-0.3, -0.25) is 0 Å². The van der Waals surface area contributed by atoms with Crippen molar-refractivity contribution in [3.63, 3.8) is 0 Å². The maximum Gasteiger partial charge on any atom is 0.119 e. The van der Waals surface area contributed by atoms with Crippen LogP contribution in [0.3, 0.4) is 0 Å². The van der Waals surface area contributed by atoms with Crippen molar-refractivity contribution >= 4 is 0 Å². The molecule has 0 amide bonds. The Balaban J connectivity index is 1.64. The molecular weight excluding hydrogens is 306 g/mol. The van der Waals surface area contributed by atoms with Crippen molar-refractivity contribution in [2.45, 2.75) is 57.8 Å². The van der Waals surface area contributed by atoms with Crippen LogP contribution in [0, 0.1) is 5.92 Å². The van der Waals surface area contributed by atoms with Gasteiger partial charge in [0, 0.05) is 6.04 Å². The van der Waals surface area contributed by atoms with Gasteiger partial charge in [-0.2, -0.15) is 0 Å². The van der Waals surface area contributed by atoms with Crippen LogP contribution in [0.15, 0.2) is 24.3 Å². The zero-order chi connectivity index (χ0) is 17.4. The minimum Gasteiger partial charge on any atom is -0.491 e. The molecule has 3 N–H and O–H groups in total. The third kappa shape index (κ3) is 6.30. The smallest absolute Gasteiger partial charge is 0.119 e. The van der Waals surface area contributed by atoms with Gasteiger partial charge in [0.2, 0.25) is 0 Å². The van der Waals surface area contributed by atoms with Gasteiger partial charge in [0.1, 0.15) is 30.8 Å². The molecule has 1 fully saturated rings. The maximum absolute atomic E-state index is 9.95. The fourth-order valence-electron chi connectivity index (χ4n) is 2.80. The summed E-state index contributed by atoms with van der Waals surface area (Å²) in [5.41, 5.74) is 5.90. The molecule has 5 heteroatoms. The van der Waals surface area contributed by atoms with Gasteiger partial charge in [0.15, 0.2) is 0 Å². The number of rotatable bonds is 10. The van der Waals surface area contributed by atoms with Crippen LogP contribution in [0.4, 0.5) is 0 Å². The van der Waals surface area contributed by atoms with E-state index in [0.717, 1.165) is 5.75 Å². The molecule has 136 valence electrons. The Hall–Kier alpha value is -1.30. The van der Waals surface area contributed by atoms with E-state index in [4.69, 9.17) is 19.9 Å². The first kappa shape index (κ1) is 19.0. The molecule has 5 nitrogen and oxygen atoms in total. The van der Waals surface area contributed by atoms with E-state index in [-0.39, 0.29) is 18.6 Å². The second kappa shape index (κ2) is 9.87. The normalized spacial score (nSPS) is 17.9. The molecule has 0 bridgehead atoms. The zero-order valence-corrected chi connectivity index (χ0v) is 14.8. The molecule has 0 aliphatic heterocycles. The largest absolute Gasteiger partial charge is 0.491 e. The van der Waals surface area contributed by atoms with Gasteiger partial charge in [0.05, 0.1) is 12.7 Å². The summed E-state index contributed by atoms with van der Waals surface area (Å²) in [4.78, 5) is 0. The van der Waals surface area contributed by atoms with E-state index in [2.05, 4.69) is 0 Å². The first-order valence-corrected chi connectivity index (χ1v) is 8.97. The van der Waals surface area contributed by atoms with Crippen molar-refractivity contribution in [3.8, 4) is 11.5 Å². The predicted molar refractivity (Wildman–Crippen MR) is 94.5 cm³/mol. The van der Waals surface area contributed by atoms with Gasteiger partial charge in [-0.25, -0.2) is 0 Å². The minimum absolute atomic E-state index is 0.189. The number of nitrogens with two attached hydrogens (primary N) is 1. The SMILES string of the molecule is CC(C)C(N)C(O)COc1ccc(OCCOC2CCCC2)cc1. The van der Waals surface area contributed by atoms with E-state index in [1.54, 1.807) is 0 Å². The van der Waals surface area contributed by atoms with Crippen molar-refractivity contribution in [2.24, 2.45) is 11.7 Å². The Kier molecular flexibility index (Phi) is 7.82. The third-order valence-corrected chi connectivity index (χ3v) is 4.47. The third-order valence-electron chi connectivity index (χ3n) is 4.47. The standard InChI is InChI=1S/C19H31NO4/c1-14(2)19(20)18(21)13-24-17-9-7-16(8-10-17)23-12-11-22-15-5-3-4-6-15/h7-10,14-15,18-19,21H,3-6,11-13,20H2,1-2H3. The van der Waals surface area contributed by atoms with Crippen LogP contribution >= 0.6 is 0 Å². The first-order chi connectivity index (χ1) is 11.6. The first-order valence-electron chi connectivity index (χ1n) is 8.97. The number of hydrogen-bond donors (Lipinski definition) is 2. The summed E-state index contributed by atoms with van der Waals surface area (Å²) in [6.07, 6.45) is 4.67. The molecule has 2 rings (SSSR count). The molecule has 0 spiro atoms. The van der Waals surface area contributed by atoms with Gasteiger partial charge in [-0.05, 0) is 43.0 Å². The number of ether oxygens (including phenoxy) is 3. The second-order valence-electron chi connectivity index (χ2n) is 6.80. The highest BCUT2D eigenvalue weighted by Gasteiger charge is 2.18. The Morgan fingerprint density at radius 1 is 1.04 bits per heavy atom. The van der Waals surface area contributed by atoms with E-state index >= 15 is 0 Å². The van der Waals surface area contributed by atoms with E-state index in [9.17, 15) is 5.11 Å². The van der Waals surface area contributed by atoms with E-state index in [0.29, 0.717) is 25.1 Å². The molecule has 1 aromatic rings. The van der Waals surface area contributed by atoms with Crippen LogP contribution in [-0.4, -0.2) is 43.2 Å². The van der Waals surface area contributed by atoms with Gasteiger partial charge in [-0.15, -0.1) is 0 Å². The number of hydrogen-bond acceptors (Lipinski definition) is 5. The average Bonchev–Trinajstić information content (AvgIpc) is 3.10. The van der Waals surface area contributed by atoms with Crippen molar-refractivity contribution in [1.29, 1.82) is 0 Å². The van der Waals surface area contributed by atoms with E-state index in [1.165, 1.54) is 25.7 Å². The molecule has 2 unspecified atom stereocenters. The molecule has 2 atom stereocenters. The second-order valence-corrected chi connectivity index (χ2v) is 6.80. The van der Waals surface area contributed by atoms with Gasteiger partial charge in [-0.1, -0.05) is 26.7 Å². The molecule has 1 aromatic carbocycles. The monoisotopic (exact) mass is 337 g/mol. The quantitative estimate of drug-likeness (QED) is 0.642. The highest BCUT2D eigenvalue weighted by molar-refractivity contribution is 5.31. The lowest BCUT2D eigenvalue weighted by Gasteiger charge is -2.22. The van der Waals surface area contributed by atoms with E-state index < -0.39 is 6.10 Å². The van der Waals surface area contributed by atoms with Crippen molar-refractivity contribution in [3.05, 3.63) is 24.3 Å². The maximum atomic E-state index is 9.95. The molecule has 1 saturated carbocycles. The highest BCUT2D eigenvalue weighted by Crippen LogP contribution is 2.21. The predicted octanol–water partition coefficient (Wildman–Crippen LogP) is 2.75. The van der Waals surface area contributed by atoms with Gasteiger partial charge in [0.25, 0.3) is 0 Å². The molecule has 1 aliphatic carbocycles. The Morgan fingerprint density at radius 3 is 2.21 bits per heavy atom.